The van der Waals surface area contributed by atoms with Gasteiger partial charge in [-0.1, -0.05) is 30.0 Å². The molecule has 178 valence electrons. The molecule has 11 nitrogen and oxygen atoms in total. The van der Waals surface area contributed by atoms with E-state index in [0.29, 0.717) is 28.5 Å². The van der Waals surface area contributed by atoms with Gasteiger partial charge < -0.3 is 19.8 Å². The first kappa shape index (κ1) is 23.7. The lowest BCUT2D eigenvalue weighted by molar-refractivity contribution is -0.384. The maximum absolute atomic E-state index is 12.2. The third kappa shape index (κ3) is 5.92. The number of thioether (sulfide) groups is 1. The molecule has 0 spiro atoms. The van der Waals surface area contributed by atoms with Crippen LogP contribution in [-0.4, -0.2) is 40.5 Å². The Kier molecular flexibility index (Phi) is 7.21. The van der Waals surface area contributed by atoms with E-state index in [0.717, 1.165) is 11.8 Å². The third-order valence-corrected chi connectivity index (χ3v) is 5.90. The number of benzene rings is 2. The number of non-ortho nitro benzene ring substituents is 1. The Morgan fingerprint density at radius 1 is 1.26 bits per heavy atom. The van der Waals surface area contributed by atoms with Crippen molar-refractivity contribution in [3.63, 3.8) is 0 Å². The summed E-state index contributed by atoms with van der Waals surface area (Å²) in [5, 5.41) is 23.9. The fraction of sp³-hybridized carbons (Fsp3) is 0.130. The minimum absolute atomic E-state index is 0.00720. The summed E-state index contributed by atoms with van der Waals surface area (Å²) in [4.78, 5) is 34.8. The topological polar surface area (TPSA) is 148 Å². The molecule has 0 aliphatic carbocycles. The van der Waals surface area contributed by atoms with Crippen molar-refractivity contribution < 1.29 is 23.7 Å². The van der Waals surface area contributed by atoms with Crippen LogP contribution in [0.1, 0.15) is 12.2 Å². The number of nitrogens with one attached hydrogen (secondary N) is 2. The van der Waals surface area contributed by atoms with Crippen molar-refractivity contribution in [1.29, 1.82) is 0 Å². The van der Waals surface area contributed by atoms with Crippen molar-refractivity contribution in [2.24, 2.45) is 10.2 Å². The predicted octanol–water partition coefficient (Wildman–Crippen LogP) is 3.81. The van der Waals surface area contributed by atoms with Gasteiger partial charge in [-0.2, -0.15) is 5.10 Å². The van der Waals surface area contributed by atoms with Gasteiger partial charge in [-0.25, -0.2) is 0 Å². The molecule has 35 heavy (non-hydrogen) atoms. The number of hydrogen-bond donors (Lipinski definition) is 2. The van der Waals surface area contributed by atoms with E-state index in [2.05, 4.69) is 20.8 Å². The number of methoxy groups -OCH3 is 1. The Bertz CT molecular complexity index is 1320. The van der Waals surface area contributed by atoms with Crippen molar-refractivity contribution in [2.45, 2.75) is 11.7 Å². The molecule has 1 aromatic heterocycles. The van der Waals surface area contributed by atoms with Crippen molar-refractivity contribution in [2.75, 3.05) is 12.4 Å². The number of anilines is 1. The lowest BCUT2D eigenvalue weighted by atomic mass is 10.1. The van der Waals surface area contributed by atoms with E-state index in [-0.39, 0.29) is 29.1 Å². The van der Waals surface area contributed by atoms with Gasteiger partial charge in [0.1, 0.15) is 22.5 Å². The first-order chi connectivity index (χ1) is 16.9. The molecule has 0 radical (unpaired) electrons. The van der Waals surface area contributed by atoms with E-state index in [4.69, 9.17) is 9.15 Å². The van der Waals surface area contributed by atoms with E-state index >= 15 is 0 Å². The molecule has 1 saturated heterocycles. The molecule has 4 rings (SSSR count). The van der Waals surface area contributed by atoms with Crippen molar-refractivity contribution in [3.8, 4) is 17.1 Å². The molecule has 2 amide bonds. The Morgan fingerprint density at radius 2 is 2.06 bits per heavy atom. The maximum atomic E-state index is 12.2. The number of nitro groups is 1. The largest absolute Gasteiger partial charge is 0.496 e. The highest BCUT2D eigenvalue weighted by Crippen LogP contribution is 2.34. The monoisotopic (exact) mass is 493 g/mol. The highest BCUT2D eigenvalue weighted by Gasteiger charge is 2.32. The number of rotatable bonds is 8. The number of hydrogen-bond acceptors (Lipinski definition) is 9. The summed E-state index contributed by atoms with van der Waals surface area (Å²) in [5.74, 6) is 0.498. The van der Waals surface area contributed by atoms with Crippen molar-refractivity contribution >= 4 is 46.3 Å². The standard InChI is InChI=1S/C23H19N5O6S/c1-33-19-11-15(28(31)32)7-9-17(19)18-10-8-16(34-18)13-24-27-23-26-22(30)20(35-23)12-21(29)25-14-5-3-2-4-6-14/h2-11,13,20H,12H2,1H3,(H,25,29)(H,26,27,30)/b24-13-/t20-/m1/s1. The highest BCUT2D eigenvalue weighted by atomic mass is 32.2. The van der Waals surface area contributed by atoms with E-state index < -0.39 is 10.2 Å². The van der Waals surface area contributed by atoms with Crippen LogP contribution in [0.3, 0.4) is 0 Å². The smallest absolute Gasteiger partial charge is 0.273 e. The number of nitro benzene ring substituents is 1. The van der Waals surface area contributed by atoms with Crippen LogP contribution in [0.4, 0.5) is 11.4 Å². The summed E-state index contributed by atoms with van der Waals surface area (Å²) in [5.41, 5.74) is 1.10. The highest BCUT2D eigenvalue weighted by molar-refractivity contribution is 8.15. The van der Waals surface area contributed by atoms with Gasteiger partial charge in [-0.3, -0.25) is 19.7 Å². The second kappa shape index (κ2) is 10.7. The van der Waals surface area contributed by atoms with Crippen molar-refractivity contribution in [1.82, 2.24) is 5.32 Å². The molecule has 1 aliphatic heterocycles. The summed E-state index contributed by atoms with van der Waals surface area (Å²) < 4.78 is 11.0. The first-order valence-electron chi connectivity index (χ1n) is 10.3. The molecule has 1 atom stereocenters. The van der Waals surface area contributed by atoms with Crippen LogP contribution in [0, 0.1) is 10.1 Å². The third-order valence-electron chi connectivity index (χ3n) is 4.83. The average molecular weight is 494 g/mol. The SMILES string of the molecule is COc1cc([N+](=O)[O-])ccc1-c1ccc(/C=N\N=C2/NC(=O)[C@@H](CC(=O)Nc3ccccc3)S2)o1. The average Bonchev–Trinajstić information content (AvgIpc) is 3.45. The molecule has 2 heterocycles. The lowest BCUT2D eigenvalue weighted by Gasteiger charge is -2.06. The molecule has 1 aliphatic rings. The second-order valence-electron chi connectivity index (χ2n) is 7.21. The number of amidine groups is 1. The van der Waals surface area contributed by atoms with Gasteiger partial charge in [0.15, 0.2) is 5.17 Å². The van der Waals surface area contributed by atoms with E-state index in [1.54, 1.807) is 36.4 Å². The molecule has 0 bridgehead atoms. The lowest BCUT2D eigenvalue weighted by Crippen LogP contribution is -2.28. The Balaban J connectivity index is 1.37. The summed E-state index contributed by atoms with van der Waals surface area (Å²) in [6.45, 7) is 0. The van der Waals surface area contributed by atoms with Gasteiger partial charge >= 0.3 is 0 Å². The first-order valence-corrected chi connectivity index (χ1v) is 11.2. The van der Waals surface area contributed by atoms with Gasteiger partial charge in [0.25, 0.3) is 5.69 Å². The minimum atomic E-state index is -0.613. The fourth-order valence-corrected chi connectivity index (χ4v) is 4.11. The summed E-state index contributed by atoms with van der Waals surface area (Å²) in [6.07, 6.45) is 1.35. The van der Waals surface area contributed by atoms with Crippen LogP contribution < -0.4 is 15.4 Å². The number of carbonyl (C=O) groups is 2. The molecular formula is C23H19N5O6S. The predicted molar refractivity (Wildman–Crippen MR) is 132 cm³/mol. The van der Waals surface area contributed by atoms with Gasteiger partial charge in [0, 0.05) is 18.2 Å². The molecule has 0 unspecified atom stereocenters. The van der Waals surface area contributed by atoms with E-state index in [1.165, 1.54) is 31.5 Å². The van der Waals surface area contributed by atoms with Crippen LogP contribution in [0.2, 0.25) is 0 Å². The number of ether oxygens (including phenoxy) is 1. The summed E-state index contributed by atoms with van der Waals surface area (Å²) in [6, 6.07) is 16.5. The normalized spacial score (nSPS) is 16.4. The number of carbonyl (C=O) groups excluding carboxylic acids is 2. The fourth-order valence-electron chi connectivity index (χ4n) is 3.19. The molecule has 2 N–H and O–H groups in total. The Morgan fingerprint density at radius 3 is 2.80 bits per heavy atom. The van der Waals surface area contributed by atoms with Gasteiger partial charge in [-0.15, -0.1) is 5.10 Å². The van der Waals surface area contributed by atoms with Crippen LogP contribution in [-0.2, 0) is 9.59 Å². The molecular weight excluding hydrogens is 474 g/mol. The number of nitrogens with zero attached hydrogens (tertiary/aromatic N) is 3. The maximum Gasteiger partial charge on any atom is 0.273 e. The zero-order valence-electron chi connectivity index (χ0n) is 18.3. The van der Waals surface area contributed by atoms with Crippen LogP contribution in [0.15, 0.2) is 75.3 Å². The van der Waals surface area contributed by atoms with E-state index in [1.807, 2.05) is 6.07 Å². The van der Waals surface area contributed by atoms with Crippen LogP contribution in [0.5, 0.6) is 5.75 Å². The number of amides is 2. The van der Waals surface area contributed by atoms with Gasteiger partial charge in [0.2, 0.25) is 11.8 Å². The van der Waals surface area contributed by atoms with Gasteiger partial charge in [0.05, 0.1) is 29.9 Å². The Hall–Kier alpha value is -4.45. The second-order valence-corrected chi connectivity index (χ2v) is 8.40. The molecule has 12 heteroatoms. The quantitative estimate of drug-likeness (QED) is 0.275. The van der Waals surface area contributed by atoms with Crippen molar-refractivity contribution in [3.05, 3.63) is 76.5 Å². The molecule has 3 aromatic rings. The molecule has 1 fully saturated rings. The summed E-state index contributed by atoms with van der Waals surface area (Å²) in [7, 11) is 1.41. The zero-order chi connectivity index (χ0) is 24.8. The number of furan rings is 1. The minimum Gasteiger partial charge on any atom is -0.496 e. The Labute approximate surface area is 203 Å². The number of para-hydroxylation sites is 1. The van der Waals surface area contributed by atoms with E-state index in [9.17, 15) is 19.7 Å². The van der Waals surface area contributed by atoms with Gasteiger partial charge in [-0.05, 0) is 30.3 Å². The molecule has 0 saturated carbocycles. The summed E-state index contributed by atoms with van der Waals surface area (Å²) >= 11 is 1.12. The van der Waals surface area contributed by atoms with Crippen LogP contribution >= 0.6 is 11.8 Å². The zero-order valence-corrected chi connectivity index (χ0v) is 19.2. The molecule has 2 aromatic carbocycles. The van der Waals surface area contributed by atoms with Crippen LogP contribution in [0.25, 0.3) is 11.3 Å².